The zero-order valence-corrected chi connectivity index (χ0v) is 11.9. The third kappa shape index (κ3) is 5.94. The molecule has 110 valence electrons. The molecule has 0 aromatic rings. The molecule has 0 aromatic carbocycles. The second-order valence-corrected chi connectivity index (χ2v) is 5.61. The van der Waals surface area contributed by atoms with Gasteiger partial charge >= 0.3 is 12.0 Å². The Morgan fingerprint density at radius 1 is 1.26 bits per heavy atom. The summed E-state index contributed by atoms with van der Waals surface area (Å²) in [6.07, 6.45) is 6.64. The average Bonchev–Trinajstić information content (AvgIpc) is 2.54. The first-order chi connectivity index (χ1) is 9.02. The highest BCUT2D eigenvalue weighted by Crippen LogP contribution is 2.22. The van der Waals surface area contributed by atoms with Gasteiger partial charge in [-0.3, -0.25) is 0 Å². The van der Waals surface area contributed by atoms with Gasteiger partial charge in [0.25, 0.3) is 0 Å². The first kappa shape index (κ1) is 15.8. The molecule has 0 saturated heterocycles. The van der Waals surface area contributed by atoms with Crippen molar-refractivity contribution in [3.8, 4) is 0 Å². The smallest absolute Gasteiger partial charge is 0.326 e. The van der Waals surface area contributed by atoms with Crippen LogP contribution in [-0.4, -0.2) is 29.2 Å². The molecule has 1 aliphatic carbocycles. The van der Waals surface area contributed by atoms with E-state index in [1.54, 1.807) is 0 Å². The quantitative estimate of drug-likeness (QED) is 0.672. The Labute approximate surface area is 115 Å². The van der Waals surface area contributed by atoms with E-state index in [0.29, 0.717) is 6.42 Å². The lowest BCUT2D eigenvalue weighted by Gasteiger charge is -2.19. The van der Waals surface area contributed by atoms with Crippen LogP contribution in [0.15, 0.2) is 0 Å². The van der Waals surface area contributed by atoms with Crippen LogP contribution < -0.4 is 10.6 Å². The Morgan fingerprint density at radius 3 is 2.63 bits per heavy atom. The van der Waals surface area contributed by atoms with Crippen molar-refractivity contribution in [3.05, 3.63) is 0 Å². The first-order valence-electron chi connectivity index (χ1n) is 7.32. The minimum Gasteiger partial charge on any atom is -0.480 e. The second kappa shape index (κ2) is 8.02. The molecular formula is C14H26N2O3. The molecule has 0 aliphatic heterocycles. The summed E-state index contributed by atoms with van der Waals surface area (Å²) in [4.78, 5) is 22.8. The fraction of sp³-hybridized carbons (Fsp3) is 0.857. The Bertz CT molecular complexity index is 307. The van der Waals surface area contributed by atoms with Crippen LogP contribution >= 0.6 is 0 Å². The van der Waals surface area contributed by atoms with Gasteiger partial charge < -0.3 is 15.7 Å². The molecule has 3 N–H and O–H groups in total. The molecule has 3 atom stereocenters. The molecule has 1 fully saturated rings. The number of urea groups is 1. The number of nitrogens with one attached hydrogen (secondary N) is 2. The van der Waals surface area contributed by atoms with E-state index < -0.39 is 12.0 Å². The van der Waals surface area contributed by atoms with E-state index in [4.69, 9.17) is 5.11 Å². The van der Waals surface area contributed by atoms with E-state index in [-0.39, 0.29) is 12.1 Å². The fourth-order valence-corrected chi connectivity index (χ4v) is 2.56. The Morgan fingerprint density at radius 2 is 2.00 bits per heavy atom. The highest BCUT2D eigenvalue weighted by Gasteiger charge is 2.22. The molecular weight excluding hydrogens is 244 g/mol. The lowest BCUT2D eigenvalue weighted by Crippen LogP contribution is -2.48. The Kier molecular flexibility index (Phi) is 6.67. The third-order valence-corrected chi connectivity index (χ3v) is 3.77. The molecule has 0 bridgehead atoms. The van der Waals surface area contributed by atoms with Crippen molar-refractivity contribution in [2.45, 2.75) is 70.9 Å². The van der Waals surface area contributed by atoms with Crippen LogP contribution in [-0.2, 0) is 4.79 Å². The molecule has 19 heavy (non-hydrogen) atoms. The van der Waals surface area contributed by atoms with Crippen LogP contribution in [0.25, 0.3) is 0 Å². The van der Waals surface area contributed by atoms with Crippen molar-refractivity contribution in [3.63, 3.8) is 0 Å². The maximum Gasteiger partial charge on any atom is 0.326 e. The summed E-state index contributed by atoms with van der Waals surface area (Å²) >= 11 is 0. The predicted molar refractivity (Wildman–Crippen MR) is 74.0 cm³/mol. The predicted octanol–water partition coefficient (Wildman–Crippen LogP) is 2.51. The van der Waals surface area contributed by atoms with Gasteiger partial charge in [0.05, 0.1) is 0 Å². The third-order valence-electron chi connectivity index (χ3n) is 3.77. The van der Waals surface area contributed by atoms with Gasteiger partial charge in [-0.1, -0.05) is 33.1 Å². The summed E-state index contributed by atoms with van der Waals surface area (Å²) in [5.74, 6) is -0.242. The molecule has 1 aliphatic rings. The van der Waals surface area contributed by atoms with Crippen LogP contribution in [0.2, 0.25) is 0 Å². The molecule has 5 nitrogen and oxygen atoms in total. The number of carbonyl (C=O) groups excluding carboxylic acids is 1. The van der Waals surface area contributed by atoms with Crippen molar-refractivity contribution in [1.29, 1.82) is 0 Å². The van der Waals surface area contributed by atoms with Gasteiger partial charge in [0, 0.05) is 6.04 Å². The topological polar surface area (TPSA) is 78.4 Å². The normalized spacial score (nSPS) is 25.2. The number of carboxylic acids is 1. The van der Waals surface area contributed by atoms with E-state index in [1.807, 2.05) is 6.92 Å². The average molecular weight is 270 g/mol. The van der Waals surface area contributed by atoms with Crippen molar-refractivity contribution < 1.29 is 14.7 Å². The zero-order valence-electron chi connectivity index (χ0n) is 11.9. The lowest BCUT2D eigenvalue weighted by atomic mass is 10.0. The monoisotopic (exact) mass is 270 g/mol. The number of carboxylic acid groups (broad SMARTS) is 1. The minimum absolute atomic E-state index is 0.182. The van der Waals surface area contributed by atoms with Gasteiger partial charge in [0.1, 0.15) is 6.04 Å². The number of amides is 2. The van der Waals surface area contributed by atoms with Gasteiger partial charge in [-0.25, -0.2) is 9.59 Å². The van der Waals surface area contributed by atoms with Crippen LogP contribution in [0.4, 0.5) is 4.79 Å². The summed E-state index contributed by atoms with van der Waals surface area (Å²) in [5.41, 5.74) is 0. The number of aliphatic carboxylic acids is 1. The minimum atomic E-state index is -0.966. The maximum absolute atomic E-state index is 11.8. The number of carbonyl (C=O) groups is 2. The Hall–Kier alpha value is -1.26. The van der Waals surface area contributed by atoms with Gasteiger partial charge in [-0.05, 0) is 31.6 Å². The second-order valence-electron chi connectivity index (χ2n) is 5.61. The number of hydrogen-bond donors (Lipinski definition) is 3. The maximum atomic E-state index is 11.8. The lowest BCUT2D eigenvalue weighted by molar-refractivity contribution is -0.139. The molecule has 2 unspecified atom stereocenters. The first-order valence-corrected chi connectivity index (χ1v) is 7.32. The van der Waals surface area contributed by atoms with Crippen LogP contribution in [0.5, 0.6) is 0 Å². The molecule has 0 radical (unpaired) electrons. The van der Waals surface area contributed by atoms with Crippen molar-refractivity contribution >= 4 is 12.0 Å². The molecule has 0 aromatic heterocycles. The van der Waals surface area contributed by atoms with Crippen molar-refractivity contribution in [2.75, 3.05) is 0 Å². The molecule has 1 rings (SSSR count). The number of hydrogen-bond acceptors (Lipinski definition) is 2. The fourth-order valence-electron chi connectivity index (χ4n) is 2.56. The molecule has 5 heteroatoms. The highest BCUT2D eigenvalue weighted by molar-refractivity contribution is 5.82. The van der Waals surface area contributed by atoms with E-state index in [1.165, 1.54) is 6.42 Å². The van der Waals surface area contributed by atoms with E-state index in [2.05, 4.69) is 17.6 Å². The zero-order chi connectivity index (χ0) is 14.3. The molecule has 0 heterocycles. The van der Waals surface area contributed by atoms with Crippen LogP contribution in [0.3, 0.4) is 0 Å². The van der Waals surface area contributed by atoms with Gasteiger partial charge in [-0.15, -0.1) is 0 Å². The summed E-state index contributed by atoms with van der Waals surface area (Å²) in [6, 6.07) is -0.948. The number of rotatable bonds is 5. The van der Waals surface area contributed by atoms with E-state index in [0.717, 1.165) is 38.0 Å². The summed E-state index contributed by atoms with van der Waals surface area (Å²) in [7, 11) is 0. The van der Waals surface area contributed by atoms with Crippen LogP contribution in [0.1, 0.15) is 58.8 Å². The van der Waals surface area contributed by atoms with Gasteiger partial charge in [0.15, 0.2) is 0 Å². The largest absolute Gasteiger partial charge is 0.480 e. The van der Waals surface area contributed by atoms with Crippen molar-refractivity contribution in [1.82, 2.24) is 10.6 Å². The Balaban J connectivity index is 2.38. The van der Waals surface area contributed by atoms with Gasteiger partial charge in [0.2, 0.25) is 0 Å². The van der Waals surface area contributed by atoms with E-state index in [9.17, 15) is 9.59 Å². The molecule has 2 amide bonds. The van der Waals surface area contributed by atoms with E-state index >= 15 is 0 Å². The van der Waals surface area contributed by atoms with Crippen LogP contribution in [0, 0.1) is 5.92 Å². The molecule has 0 spiro atoms. The molecule has 1 saturated carbocycles. The standard InChI is InChI=1S/C14H26N2O3/c1-3-5-12(13(17)18)16-14(19)15-11-7-4-6-10(2)8-9-11/h10-12H,3-9H2,1-2H3,(H,17,18)(H2,15,16,19)/t10?,11?,12-/m1/s1. The summed E-state index contributed by atoms with van der Waals surface area (Å²) in [6.45, 7) is 4.15. The van der Waals surface area contributed by atoms with Crippen molar-refractivity contribution in [2.24, 2.45) is 5.92 Å². The van der Waals surface area contributed by atoms with Gasteiger partial charge in [-0.2, -0.15) is 0 Å². The summed E-state index contributed by atoms with van der Waals surface area (Å²) < 4.78 is 0. The highest BCUT2D eigenvalue weighted by atomic mass is 16.4. The summed E-state index contributed by atoms with van der Waals surface area (Å²) in [5, 5.41) is 14.5. The SMILES string of the molecule is CCC[C@@H](NC(=O)NC1CCCC(C)CC1)C(=O)O.